The molecule has 6 heteroatoms. The molecule has 1 unspecified atom stereocenters. The predicted octanol–water partition coefficient (Wildman–Crippen LogP) is 6.17. The number of carbonyl (C=O) groups is 2. The molecular weight excluding hydrogens is 422 g/mol. The maximum absolute atomic E-state index is 11.9. The Labute approximate surface area is 194 Å². The first-order valence-corrected chi connectivity index (χ1v) is 12.5. The monoisotopic (exact) mass is 453 g/mol. The number of hydrogen-bond donors (Lipinski definition) is 1. The maximum Gasteiger partial charge on any atom is 0.287 e. The smallest absolute Gasteiger partial charge is 0.287 e. The van der Waals surface area contributed by atoms with Gasteiger partial charge in [0.05, 0.1) is 13.2 Å². The van der Waals surface area contributed by atoms with Crippen molar-refractivity contribution in [2.24, 2.45) is 0 Å². The van der Waals surface area contributed by atoms with E-state index < -0.39 is 6.04 Å². The first-order chi connectivity index (χ1) is 15.6. The summed E-state index contributed by atoms with van der Waals surface area (Å²) in [6.45, 7) is 3.32. The lowest BCUT2D eigenvalue weighted by Gasteiger charge is -2.16. The number of hydrogen-bond acceptors (Lipinski definition) is 5. The van der Waals surface area contributed by atoms with Gasteiger partial charge in [0.2, 0.25) is 5.12 Å². The highest BCUT2D eigenvalue weighted by Crippen LogP contribution is 2.36. The first kappa shape index (κ1) is 22.7. The second kappa shape index (κ2) is 10.9. The Morgan fingerprint density at radius 1 is 1.00 bits per heavy atom. The van der Waals surface area contributed by atoms with Crippen molar-refractivity contribution in [3.8, 4) is 11.5 Å². The van der Waals surface area contributed by atoms with Gasteiger partial charge in [-0.15, -0.1) is 0 Å². The summed E-state index contributed by atoms with van der Waals surface area (Å²) in [6, 6.07) is 13.5. The van der Waals surface area contributed by atoms with Gasteiger partial charge in [-0.05, 0) is 60.1 Å². The highest BCUT2D eigenvalue weighted by Gasteiger charge is 2.32. The molecule has 0 spiro atoms. The average molecular weight is 454 g/mol. The topological polar surface area (TPSA) is 64.6 Å². The molecule has 1 amide bonds. The number of nitrogens with one attached hydrogen (secondary N) is 1. The maximum atomic E-state index is 11.9. The van der Waals surface area contributed by atoms with E-state index in [1.54, 1.807) is 0 Å². The second-order valence-electron chi connectivity index (χ2n) is 8.51. The number of ether oxygens (including phenoxy) is 2. The molecule has 1 saturated carbocycles. The second-order valence-corrected chi connectivity index (χ2v) is 9.48. The normalized spacial score (nSPS) is 18.7. The third kappa shape index (κ3) is 5.66. The summed E-state index contributed by atoms with van der Waals surface area (Å²) >= 11 is 0.718. The molecule has 5 nitrogen and oxygen atoms in total. The minimum Gasteiger partial charge on any atom is -0.493 e. The van der Waals surface area contributed by atoms with Gasteiger partial charge in [-0.1, -0.05) is 50.5 Å². The predicted molar refractivity (Wildman–Crippen MR) is 128 cm³/mol. The van der Waals surface area contributed by atoms with Crippen LogP contribution in [0.15, 0.2) is 42.5 Å². The van der Waals surface area contributed by atoms with Crippen molar-refractivity contribution in [1.82, 2.24) is 5.32 Å². The molecular formula is C26H31NO4S. The number of amides is 1. The molecule has 1 aliphatic carbocycles. The van der Waals surface area contributed by atoms with E-state index in [2.05, 4.69) is 30.4 Å². The highest BCUT2D eigenvalue weighted by atomic mass is 32.2. The van der Waals surface area contributed by atoms with Gasteiger partial charge in [0, 0.05) is 18.2 Å². The van der Waals surface area contributed by atoms with Crippen molar-refractivity contribution in [3.05, 3.63) is 59.2 Å². The number of rotatable bonds is 10. The van der Waals surface area contributed by atoms with Crippen LogP contribution >= 0.6 is 11.8 Å². The largest absolute Gasteiger partial charge is 0.493 e. The molecule has 2 aromatic carbocycles. The van der Waals surface area contributed by atoms with Crippen LogP contribution in [0.5, 0.6) is 11.5 Å². The van der Waals surface area contributed by atoms with Gasteiger partial charge in [-0.2, -0.15) is 0 Å². The van der Waals surface area contributed by atoms with E-state index in [1.807, 2.05) is 24.3 Å². The highest BCUT2D eigenvalue weighted by molar-refractivity contribution is 8.26. The number of carbonyl (C=O) groups excluding carboxylic acids is 2. The SMILES string of the molecule is CCCc1cc(C2CCCC2)ccc1OCCCOc1cccc(C2NC(=O)SC2=O)c1. The van der Waals surface area contributed by atoms with Crippen LogP contribution in [-0.2, 0) is 11.2 Å². The van der Waals surface area contributed by atoms with Crippen molar-refractivity contribution in [1.29, 1.82) is 0 Å². The lowest BCUT2D eigenvalue weighted by Crippen LogP contribution is -2.19. The minimum absolute atomic E-state index is 0.178. The van der Waals surface area contributed by atoms with Crippen molar-refractivity contribution < 1.29 is 19.1 Å². The summed E-state index contributed by atoms with van der Waals surface area (Å²) < 4.78 is 12.0. The van der Waals surface area contributed by atoms with E-state index in [9.17, 15) is 9.59 Å². The van der Waals surface area contributed by atoms with Crippen LogP contribution in [-0.4, -0.2) is 23.6 Å². The molecule has 170 valence electrons. The molecule has 32 heavy (non-hydrogen) atoms. The summed E-state index contributed by atoms with van der Waals surface area (Å²) in [6.07, 6.45) is 8.21. The zero-order valence-corrected chi connectivity index (χ0v) is 19.4. The molecule has 0 radical (unpaired) electrons. The molecule has 1 N–H and O–H groups in total. The fourth-order valence-corrected chi connectivity index (χ4v) is 5.18. The van der Waals surface area contributed by atoms with Gasteiger partial charge >= 0.3 is 0 Å². The molecule has 1 saturated heterocycles. The van der Waals surface area contributed by atoms with Crippen molar-refractivity contribution in [2.75, 3.05) is 13.2 Å². The number of aryl methyl sites for hydroxylation is 1. The number of benzene rings is 2. The molecule has 1 aliphatic heterocycles. The molecule has 0 bridgehead atoms. The Morgan fingerprint density at radius 3 is 2.56 bits per heavy atom. The molecule has 2 aromatic rings. The van der Waals surface area contributed by atoms with Crippen LogP contribution in [0.3, 0.4) is 0 Å². The van der Waals surface area contributed by atoms with Crippen molar-refractivity contribution >= 4 is 22.1 Å². The fourth-order valence-electron chi connectivity index (χ4n) is 4.51. The van der Waals surface area contributed by atoms with Crippen LogP contribution in [0.25, 0.3) is 0 Å². The van der Waals surface area contributed by atoms with E-state index in [-0.39, 0.29) is 10.4 Å². The third-order valence-corrected chi connectivity index (χ3v) is 6.87. The molecule has 0 aromatic heterocycles. The van der Waals surface area contributed by atoms with Crippen LogP contribution in [0.2, 0.25) is 0 Å². The van der Waals surface area contributed by atoms with Crippen molar-refractivity contribution in [2.45, 2.75) is 63.8 Å². The van der Waals surface area contributed by atoms with Gasteiger partial charge in [0.1, 0.15) is 17.5 Å². The Balaban J connectivity index is 1.27. The Bertz CT molecular complexity index is 955. The summed E-state index contributed by atoms with van der Waals surface area (Å²) in [5.74, 6) is 2.40. The summed E-state index contributed by atoms with van der Waals surface area (Å²) in [7, 11) is 0. The van der Waals surface area contributed by atoms with Crippen LogP contribution in [0.1, 0.15) is 74.1 Å². The fraction of sp³-hybridized carbons (Fsp3) is 0.462. The van der Waals surface area contributed by atoms with Crippen LogP contribution in [0, 0.1) is 0 Å². The van der Waals surface area contributed by atoms with Gasteiger partial charge in [-0.3, -0.25) is 9.59 Å². The molecule has 1 atom stereocenters. The van der Waals surface area contributed by atoms with E-state index in [1.165, 1.54) is 36.8 Å². The lowest BCUT2D eigenvalue weighted by atomic mass is 9.94. The van der Waals surface area contributed by atoms with E-state index >= 15 is 0 Å². The van der Waals surface area contributed by atoms with Crippen molar-refractivity contribution in [3.63, 3.8) is 0 Å². The third-order valence-electron chi connectivity index (χ3n) is 6.13. The standard InChI is InChI=1S/C26H31NO4S/c1-2-7-20-16-19(18-8-3-4-9-18)12-13-23(20)31-15-6-14-30-22-11-5-10-21(17-22)24-25(28)32-26(29)27-24/h5,10-13,16-18,24H,2-4,6-9,14-15H2,1H3,(H,27,29). The molecule has 4 rings (SSSR count). The molecule has 1 heterocycles. The molecule has 2 aliphatic rings. The van der Waals surface area contributed by atoms with Crippen LogP contribution < -0.4 is 14.8 Å². The Kier molecular flexibility index (Phi) is 7.74. The Morgan fingerprint density at radius 2 is 1.81 bits per heavy atom. The number of thioether (sulfide) groups is 1. The average Bonchev–Trinajstić information content (AvgIpc) is 3.44. The molecule has 2 fully saturated rings. The van der Waals surface area contributed by atoms with Gasteiger partial charge < -0.3 is 14.8 Å². The van der Waals surface area contributed by atoms with E-state index in [4.69, 9.17) is 9.47 Å². The van der Waals surface area contributed by atoms with E-state index in [0.717, 1.165) is 48.3 Å². The minimum atomic E-state index is -0.594. The zero-order valence-electron chi connectivity index (χ0n) is 18.6. The van der Waals surface area contributed by atoms with E-state index in [0.29, 0.717) is 19.0 Å². The summed E-state index contributed by atoms with van der Waals surface area (Å²) in [5, 5.41) is 2.20. The Hall–Kier alpha value is -2.47. The van der Waals surface area contributed by atoms with Gasteiger partial charge in [0.15, 0.2) is 0 Å². The zero-order chi connectivity index (χ0) is 22.3. The van der Waals surface area contributed by atoms with Crippen LogP contribution in [0.4, 0.5) is 4.79 Å². The summed E-state index contributed by atoms with van der Waals surface area (Å²) in [5.41, 5.74) is 3.53. The lowest BCUT2D eigenvalue weighted by molar-refractivity contribution is -0.112. The van der Waals surface area contributed by atoms with Gasteiger partial charge in [0.25, 0.3) is 5.24 Å². The quantitative estimate of drug-likeness (QED) is 0.436. The van der Waals surface area contributed by atoms with Gasteiger partial charge in [-0.25, -0.2) is 0 Å². The first-order valence-electron chi connectivity index (χ1n) is 11.6. The summed E-state index contributed by atoms with van der Waals surface area (Å²) in [4.78, 5) is 23.3.